The maximum Gasteiger partial charge on any atom is 0.237 e. The minimum atomic E-state index is -0.446. The molecule has 1 aromatic heterocycles. The molecule has 0 radical (unpaired) electrons. The summed E-state index contributed by atoms with van der Waals surface area (Å²) in [5.74, 6) is -0.543. The Morgan fingerprint density at radius 2 is 1.90 bits per heavy atom. The summed E-state index contributed by atoms with van der Waals surface area (Å²) in [6, 6.07) is 14.1. The summed E-state index contributed by atoms with van der Waals surface area (Å²) in [7, 11) is 0. The van der Waals surface area contributed by atoms with Gasteiger partial charge in [-0.25, -0.2) is 4.39 Å². The predicted octanol–water partition coefficient (Wildman–Crippen LogP) is 3.36. The summed E-state index contributed by atoms with van der Waals surface area (Å²) < 4.78 is 21.0. The summed E-state index contributed by atoms with van der Waals surface area (Å²) in [5.41, 5.74) is 2.17. The molecule has 156 valence electrons. The summed E-state index contributed by atoms with van der Waals surface area (Å²) >= 11 is 1.22. The second kappa shape index (κ2) is 9.27. The number of carbonyl (C=O) groups excluding carboxylic acids is 1. The molecule has 4 rings (SSSR count). The highest BCUT2D eigenvalue weighted by Gasteiger charge is 2.20. The normalized spacial score (nSPS) is 15.1. The molecule has 1 atom stereocenters. The van der Waals surface area contributed by atoms with Crippen molar-refractivity contribution >= 4 is 29.0 Å². The molecule has 1 aliphatic heterocycles. The lowest BCUT2D eigenvalue weighted by Gasteiger charge is -2.28. The van der Waals surface area contributed by atoms with Crippen molar-refractivity contribution in [2.24, 2.45) is 0 Å². The molecule has 0 bridgehead atoms. The molecule has 0 saturated carbocycles. The zero-order valence-corrected chi connectivity index (χ0v) is 17.3. The Kier molecular flexibility index (Phi) is 6.29. The molecule has 1 fully saturated rings. The van der Waals surface area contributed by atoms with Gasteiger partial charge in [0.2, 0.25) is 5.91 Å². The molecule has 0 spiro atoms. The summed E-state index contributed by atoms with van der Waals surface area (Å²) in [6.45, 7) is 4.96. The highest BCUT2D eigenvalue weighted by atomic mass is 32.2. The quantitative estimate of drug-likeness (QED) is 0.608. The van der Waals surface area contributed by atoms with Crippen LogP contribution in [-0.2, 0) is 9.53 Å². The third-order valence-electron chi connectivity index (χ3n) is 4.79. The Labute approximate surface area is 178 Å². The largest absolute Gasteiger partial charge is 0.378 e. The Hall–Kier alpha value is -2.91. The monoisotopic (exact) mass is 427 g/mol. The third kappa shape index (κ3) is 4.63. The van der Waals surface area contributed by atoms with Gasteiger partial charge < -0.3 is 15.0 Å². The maximum absolute atomic E-state index is 14.1. The van der Waals surface area contributed by atoms with Crippen LogP contribution in [0, 0.1) is 5.82 Å². The number of rotatable bonds is 6. The average molecular weight is 428 g/mol. The number of halogens is 1. The van der Waals surface area contributed by atoms with Gasteiger partial charge >= 0.3 is 0 Å². The van der Waals surface area contributed by atoms with Crippen molar-refractivity contribution in [2.45, 2.75) is 17.3 Å². The second-order valence-electron chi connectivity index (χ2n) is 6.83. The van der Waals surface area contributed by atoms with Gasteiger partial charge in [0.15, 0.2) is 5.16 Å². The lowest BCUT2D eigenvalue weighted by Crippen LogP contribution is -2.36. The molecule has 1 aliphatic rings. The number of anilines is 2. The van der Waals surface area contributed by atoms with Gasteiger partial charge in [0.05, 0.1) is 24.2 Å². The molecule has 9 heteroatoms. The van der Waals surface area contributed by atoms with E-state index in [1.807, 2.05) is 24.3 Å². The smallest absolute Gasteiger partial charge is 0.237 e. The number of ether oxygens (including phenoxy) is 1. The van der Waals surface area contributed by atoms with Crippen LogP contribution in [0.25, 0.3) is 5.69 Å². The van der Waals surface area contributed by atoms with E-state index in [4.69, 9.17) is 4.74 Å². The molecule has 1 amide bonds. The fourth-order valence-corrected chi connectivity index (χ4v) is 3.99. The van der Waals surface area contributed by atoms with Crippen molar-refractivity contribution in [3.8, 4) is 5.69 Å². The summed E-state index contributed by atoms with van der Waals surface area (Å²) in [6.07, 6.45) is 1.44. The first-order valence-electron chi connectivity index (χ1n) is 9.67. The first-order chi connectivity index (χ1) is 14.6. The number of morpholine rings is 1. The maximum atomic E-state index is 14.1. The van der Waals surface area contributed by atoms with Crippen LogP contribution >= 0.6 is 11.8 Å². The fourth-order valence-electron chi connectivity index (χ4n) is 3.15. The van der Waals surface area contributed by atoms with E-state index in [1.165, 1.54) is 24.2 Å². The molecular formula is C21H22FN5O2S. The van der Waals surface area contributed by atoms with E-state index in [-0.39, 0.29) is 11.7 Å². The van der Waals surface area contributed by atoms with Gasteiger partial charge in [-0.2, -0.15) is 0 Å². The fraction of sp³-hybridized carbons (Fsp3) is 0.286. The number of para-hydroxylation sites is 1. The van der Waals surface area contributed by atoms with E-state index in [0.717, 1.165) is 37.7 Å². The van der Waals surface area contributed by atoms with Crippen LogP contribution in [0.5, 0.6) is 0 Å². The predicted molar refractivity (Wildman–Crippen MR) is 115 cm³/mol. The zero-order valence-electron chi connectivity index (χ0n) is 16.5. The van der Waals surface area contributed by atoms with Crippen molar-refractivity contribution in [1.82, 2.24) is 14.8 Å². The summed E-state index contributed by atoms with van der Waals surface area (Å²) in [4.78, 5) is 14.9. The topological polar surface area (TPSA) is 72.3 Å². The first kappa shape index (κ1) is 20.4. The Balaban J connectivity index is 1.39. The molecule has 3 aromatic rings. The average Bonchev–Trinajstić information content (AvgIpc) is 3.23. The Bertz CT molecular complexity index is 1000. The van der Waals surface area contributed by atoms with E-state index in [2.05, 4.69) is 20.4 Å². The van der Waals surface area contributed by atoms with Crippen molar-refractivity contribution < 1.29 is 13.9 Å². The minimum absolute atomic E-state index is 0.165. The molecular weight excluding hydrogens is 405 g/mol. The number of thioether (sulfide) groups is 1. The van der Waals surface area contributed by atoms with Crippen LogP contribution in [-0.4, -0.2) is 52.2 Å². The van der Waals surface area contributed by atoms with Crippen molar-refractivity contribution in [3.05, 3.63) is 60.7 Å². The summed E-state index contributed by atoms with van der Waals surface area (Å²) in [5, 5.41) is 10.8. The van der Waals surface area contributed by atoms with Gasteiger partial charge in [0.1, 0.15) is 12.1 Å². The Morgan fingerprint density at radius 3 is 2.63 bits per heavy atom. The molecule has 0 aliphatic carbocycles. The van der Waals surface area contributed by atoms with Gasteiger partial charge in [-0.1, -0.05) is 23.9 Å². The van der Waals surface area contributed by atoms with Gasteiger partial charge in [-0.15, -0.1) is 10.2 Å². The number of hydrogen-bond acceptors (Lipinski definition) is 6. The molecule has 2 heterocycles. The second-order valence-corrected chi connectivity index (χ2v) is 8.14. The van der Waals surface area contributed by atoms with Crippen molar-refractivity contribution in [1.29, 1.82) is 0 Å². The van der Waals surface area contributed by atoms with Crippen LogP contribution in [0.1, 0.15) is 6.92 Å². The van der Waals surface area contributed by atoms with E-state index in [9.17, 15) is 9.18 Å². The standard InChI is InChI=1S/C21H22FN5O2S/c1-15(30-21-25-23-14-27(21)19-5-3-2-4-18(19)22)20(28)24-16-6-8-17(9-7-16)26-10-12-29-13-11-26/h2-9,14-15H,10-13H2,1H3,(H,24,28)/t15-/m0/s1. The molecule has 1 N–H and O–H groups in total. The van der Waals surface area contributed by atoms with Crippen LogP contribution < -0.4 is 10.2 Å². The number of amides is 1. The van der Waals surface area contributed by atoms with E-state index in [0.29, 0.717) is 10.8 Å². The highest BCUT2D eigenvalue weighted by Crippen LogP contribution is 2.26. The van der Waals surface area contributed by atoms with Gasteiger partial charge in [0, 0.05) is 24.5 Å². The van der Waals surface area contributed by atoms with E-state index in [1.54, 1.807) is 29.7 Å². The van der Waals surface area contributed by atoms with Crippen molar-refractivity contribution in [3.63, 3.8) is 0 Å². The van der Waals surface area contributed by atoms with Gasteiger partial charge in [-0.3, -0.25) is 9.36 Å². The van der Waals surface area contributed by atoms with Crippen LogP contribution in [0.2, 0.25) is 0 Å². The van der Waals surface area contributed by atoms with Crippen LogP contribution in [0.4, 0.5) is 15.8 Å². The lowest BCUT2D eigenvalue weighted by molar-refractivity contribution is -0.115. The SMILES string of the molecule is C[C@H](Sc1nncn1-c1ccccc1F)C(=O)Nc1ccc(N2CCOCC2)cc1. The Morgan fingerprint density at radius 1 is 1.17 bits per heavy atom. The van der Waals surface area contributed by atoms with Crippen LogP contribution in [0.15, 0.2) is 60.0 Å². The first-order valence-corrected chi connectivity index (χ1v) is 10.5. The van der Waals surface area contributed by atoms with Crippen molar-refractivity contribution in [2.75, 3.05) is 36.5 Å². The van der Waals surface area contributed by atoms with E-state index < -0.39 is 5.25 Å². The van der Waals surface area contributed by atoms with E-state index >= 15 is 0 Å². The molecule has 7 nitrogen and oxygen atoms in total. The lowest BCUT2D eigenvalue weighted by atomic mass is 10.2. The minimum Gasteiger partial charge on any atom is -0.378 e. The van der Waals surface area contributed by atoms with Gasteiger partial charge in [-0.05, 0) is 43.3 Å². The van der Waals surface area contributed by atoms with Gasteiger partial charge in [0.25, 0.3) is 0 Å². The number of hydrogen-bond donors (Lipinski definition) is 1. The molecule has 0 unspecified atom stereocenters. The van der Waals surface area contributed by atoms with Crippen LogP contribution in [0.3, 0.4) is 0 Å². The number of carbonyl (C=O) groups is 1. The third-order valence-corrected chi connectivity index (χ3v) is 5.85. The number of nitrogens with zero attached hydrogens (tertiary/aromatic N) is 4. The number of nitrogens with one attached hydrogen (secondary N) is 1. The molecule has 1 saturated heterocycles. The molecule has 2 aromatic carbocycles. The highest BCUT2D eigenvalue weighted by molar-refractivity contribution is 8.00. The number of aromatic nitrogens is 3. The zero-order chi connectivity index (χ0) is 20.9. The number of benzene rings is 2. The molecule has 30 heavy (non-hydrogen) atoms.